The van der Waals surface area contributed by atoms with E-state index in [1.807, 2.05) is 0 Å². The Morgan fingerprint density at radius 1 is 0.950 bits per heavy atom. The first-order valence-corrected chi connectivity index (χ1v) is 8.00. The van der Waals surface area contributed by atoms with E-state index < -0.39 is 0 Å². The molecule has 1 aromatic heterocycles. The van der Waals surface area contributed by atoms with Gasteiger partial charge in [0.05, 0.1) is 5.69 Å². The highest BCUT2D eigenvalue weighted by Crippen LogP contribution is 2.34. The van der Waals surface area contributed by atoms with Crippen LogP contribution in [-0.4, -0.2) is 4.57 Å². The summed E-state index contributed by atoms with van der Waals surface area (Å²) in [7, 11) is 2.15. The van der Waals surface area contributed by atoms with Gasteiger partial charge >= 0.3 is 0 Å². The van der Waals surface area contributed by atoms with Gasteiger partial charge < -0.3 is 4.57 Å². The minimum Gasteiger partial charge on any atom is -0.343 e. The molecule has 0 radical (unpaired) electrons. The molecule has 0 amide bonds. The van der Waals surface area contributed by atoms with Crippen molar-refractivity contribution in [3.63, 3.8) is 0 Å². The zero-order valence-corrected chi connectivity index (χ0v) is 14.2. The normalized spacial score (nSPS) is 11.4. The molecule has 0 aliphatic carbocycles. The van der Waals surface area contributed by atoms with Gasteiger partial charge in [0, 0.05) is 21.5 Å². The molecule has 0 atom stereocenters. The van der Waals surface area contributed by atoms with Crippen molar-refractivity contribution in [1.82, 2.24) is 4.57 Å². The summed E-state index contributed by atoms with van der Waals surface area (Å²) in [6.45, 7) is 4.46. The summed E-state index contributed by atoms with van der Waals surface area (Å²) < 4.78 is 3.62. The lowest BCUT2D eigenvalue weighted by molar-refractivity contribution is 0.866. The van der Waals surface area contributed by atoms with E-state index in [-0.39, 0.29) is 0 Å². The minimum atomic E-state index is 0.579. The van der Waals surface area contributed by atoms with Crippen LogP contribution < -0.4 is 0 Å². The van der Waals surface area contributed by atoms with Crippen molar-refractivity contribution in [1.29, 1.82) is 0 Å². The van der Waals surface area contributed by atoms with Gasteiger partial charge in [-0.25, -0.2) is 0 Å². The van der Waals surface area contributed by atoms with Crippen LogP contribution >= 0.6 is 22.6 Å². The second-order valence-electron chi connectivity index (χ2n) is 5.52. The number of hydrogen-bond donors (Lipinski definition) is 0. The van der Waals surface area contributed by atoms with Crippen LogP contribution in [0.2, 0.25) is 0 Å². The number of aromatic nitrogens is 1. The van der Waals surface area contributed by atoms with Crippen LogP contribution in [0.15, 0.2) is 48.5 Å². The van der Waals surface area contributed by atoms with Crippen LogP contribution in [0, 0.1) is 3.57 Å². The molecule has 1 heterocycles. The van der Waals surface area contributed by atoms with Gasteiger partial charge in [0.25, 0.3) is 0 Å². The molecular weight excluding hydrogens is 357 g/mol. The lowest BCUT2D eigenvalue weighted by Gasteiger charge is -2.09. The lowest BCUT2D eigenvalue weighted by atomic mass is 10.0. The molecule has 1 nitrogen and oxygen atoms in total. The molecule has 0 bridgehead atoms. The van der Waals surface area contributed by atoms with Gasteiger partial charge in [-0.3, -0.25) is 0 Å². The summed E-state index contributed by atoms with van der Waals surface area (Å²) in [5, 5.41) is 1.33. The summed E-state index contributed by atoms with van der Waals surface area (Å²) in [6, 6.07) is 17.6. The van der Waals surface area contributed by atoms with Gasteiger partial charge in [-0.1, -0.05) is 56.3 Å². The Kier molecular flexibility index (Phi) is 3.59. The van der Waals surface area contributed by atoms with Gasteiger partial charge in [0.15, 0.2) is 0 Å². The third kappa shape index (κ3) is 2.16. The van der Waals surface area contributed by atoms with Crippen molar-refractivity contribution < 1.29 is 0 Å². The van der Waals surface area contributed by atoms with Crippen molar-refractivity contribution >= 4 is 33.5 Å². The maximum absolute atomic E-state index is 2.46. The van der Waals surface area contributed by atoms with E-state index in [0.29, 0.717) is 5.92 Å². The second-order valence-corrected chi connectivity index (χ2v) is 6.59. The molecule has 0 saturated heterocycles. The highest BCUT2D eigenvalue weighted by molar-refractivity contribution is 14.1. The molecule has 0 aliphatic heterocycles. The Balaban J connectivity index is 2.19. The van der Waals surface area contributed by atoms with Gasteiger partial charge in [-0.2, -0.15) is 0 Å². The first kappa shape index (κ1) is 13.7. The average molecular weight is 375 g/mol. The first-order chi connectivity index (χ1) is 9.59. The number of aryl methyl sites for hydroxylation is 1. The maximum atomic E-state index is 2.46. The fraction of sp³-hybridized carbons (Fsp3) is 0.222. The van der Waals surface area contributed by atoms with E-state index in [1.54, 1.807) is 0 Å². The number of halogens is 1. The number of nitrogens with zero attached hydrogens (tertiary/aromatic N) is 1. The maximum Gasteiger partial charge on any atom is 0.0624 e. The summed E-state index contributed by atoms with van der Waals surface area (Å²) in [5.41, 5.74) is 5.28. The zero-order valence-electron chi connectivity index (χ0n) is 12.0. The Labute approximate surface area is 133 Å². The quantitative estimate of drug-likeness (QED) is 0.516. The predicted octanol–water partition coefficient (Wildman–Crippen LogP) is 5.57. The van der Waals surface area contributed by atoms with Gasteiger partial charge in [-0.05, 0) is 45.7 Å². The molecule has 0 fully saturated rings. The Morgan fingerprint density at radius 3 is 2.20 bits per heavy atom. The van der Waals surface area contributed by atoms with Crippen molar-refractivity contribution in [3.05, 3.63) is 57.7 Å². The first-order valence-electron chi connectivity index (χ1n) is 6.93. The van der Waals surface area contributed by atoms with Crippen LogP contribution in [-0.2, 0) is 7.05 Å². The number of fused-ring (bicyclic) bond motifs is 1. The molecule has 102 valence electrons. The SMILES string of the molecule is CC(C)c1ccc(-c2c(I)c3ccccc3n2C)cc1. The van der Waals surface area contributed by atoms with Crippen molar-refractivity contribution in [2.45, 2.75) is 19.8 Å². The van der Waals surface area contributed by atoms with Crippen LogP contribution in [0.1, 0.15) is 25.3 Å². The second kappa shape index (κ2) is 5.24. The highest BCUT2D eigenvalue weighted by atomic mass is 127. The van der Waals surface area contributed by atoms with E-state index in [9.17, 15) is 0 Å². The Morgan fingerprint density at radius 2 is 1.60 bits per heavy atom. The number of para-hydroxylation sites is 1. The van der Waals surface area contributed by atoms with E-state index in [4.69, 9.17) is 0 Å². The largest absolute Gasteiger partial charge is 0.343 e. The molecule has 0 saturated carbocycles. The highest BCUT2D eigenvalue weighted by Gasteiger charge is 2.14. The van der Waals surface area contributed by atoms with E-state index >= 15 is 0 Å². The smallest absolute Gasteiger partial charge is 0.0624 e. The van der Waals surface area contributed by atoms with Crippen molar-refractivity contribution in [2.24, 2.45) is 7.05 Å². The molecular formula is C18H18IN. The Hall–Kier alpha value is -1.29. The zero-order chi connectivity index (χ0) is 14.3. The number of hydrogen-bond acceptors (Lipinski definition) is 0. The fourth-order valence-electron chi connectivity index (χ4n) is 2.69. The molecule has 3 rings (SSSR count). The molecule has 2 heteroatoms. The molecule has 0 unspecified atom stereocenters. The summed E-state index contributed by atoms with van der Waals surface area (Å²) >= 11 is 2.46. The number of rotatable bonds is 2. The summed E-state index contributed by atoms with van der Waals surface area (Å²) in [5.74, 6) is 0.579. The number of benzene rings is 2. The molecule has 20 heavy (non-hydrogen) atoms. The van der Waals surface area contributed by atoms with Crippen LogP contribution in [0.25, 0.3) is 22.2 Å². The van der Waals surface area contributed by atoms with E-state index in [2.05, 4.69) is 96.6 Å². The molecule has 0 N–H and O–H groups in total. The third-order valence-corrected chi connectivity index (χ3v) is 4.99. The molecule has 0 aliphatic rings. The van der Waals surface area contributed by atoms with E-state index in [0.717, 1.165) is 0 Å². The monoisotopic (exact) mass is 375 g/mol. The lowest BCUT2D eigenvalue weighted by Crippen LogP contribution is -1.93. The minimum absolute atomic E-state index is 0.579. The van der Waals surface area contributed by atoms with Gasteiger partial charge in [-0.15, -0.1) is 0 Å². The topological polar surface area (TPSA) is 4.93 Å². The molecule has 0 spiro atoms. The van der Waals surface area contributed by atoms with Crippen molar-refractivity contribution in [2.75, 3.05) is 0 Å². The average Bonchev–Trinajstić information content (AvgIpc) is 2.72. The standard InChI is InChI=1S/C18H18IN/c1-12(2)13-8-10-14(11-9-13)18-17(19)15-6-4-5-7-16(15)20(18)3/h4-12H,1-3H3. The van der Waals surface area contributed by atoms with Gasteiger partial charge in [0.2, 0.25) is 0 Å². The molecule has 3 aromatic rings. The fourth-order valence-corrected chi connectivity index (χ4v) is 3.82. The van der Waals surface area contributed by atoms with Gasteiger partial charge in [0.1, 0.15) is 0 Å². The van der Waals surface area contributed by atoms with Crippen LogP contribution in [0.5, 0.6) is 0 Å². The Bertz CT molecular complexity index is 712. The summed E-state index contributed by atoms with van der Waals surface area (Å²) in [6.07, 6.45) is 0. The van der Waals surface area contributed by atoms with Crippen LogP contribution in [0.3, 0.4) is 0 Å². The third-order valence-electron chi connectivity index (χ3n) is 3.90. The van der Waals surface area contributed by atoms with Crippen molar-refractivity contribution in [3.8, 4) is 11.3 Å². The van der Waals surface area contributed by atoms with Crippen LogP contribution in [0.4, 0.5) is 0 Å². The van der Waals surface area contributed by atoms with E-state index in [1.165, 1.54) is 31.3 Å². The summed E-state index contributed by atoms with van der Waals surface area (Å²) in [4.78, 5) is 0. The predicted molar refractivity (Wildman–Crippen MR) is 95.2 cm³/mol. The molecule has 2 aromatic carbocycles.